The van der Waals surface area contributed by atoms with Crippen molar-refractivity contribution < 1.29 is 9.53 Å². The van der Waals surface area contributed by atoms with Crippen LogP contribution in [0.4, 0.5) is 4.79 Å². The summed E-state index contributed by atoms with van der Waals surface area (Å²) in [6.45, 7) is 3.41. The molecule has 2 aromatic rings. The average Bonchev–Trinajstić information content (AvgIpc) is 3.10. The standard InChI is InChI=1S/C18H23N3O2S/c1-13(17-19-7-8-24-17)11-20-15-9-16(10-15)21-18(22)23-12-14-5-3-2-4-6-14/h2-8,13,15-16,20H,9-12H2,1H3,(H,21,22). The minimum absolute atomic E-state index is 0.209. The van der Waals surface area contributed by atoms with Crippen LogP contribution in [-0.4, -0.2) is 29.7 Å². The van der Waals surface area contributed by atoms with E-state index in [9.17, 15) is 4.79 Å². The summed E-state index contributed by atoms with van der Waals surface area (Å²) >= 11 is 1.70. The molecule has 24 heavy (non-hydrogen) atoms. The molecule has 2 N–H and O–H groups in total. The Labute approximate surface area is 146 Å². The lowest BCUT2D eigenvalue weighted by molar-refractivity contribution is 0.125. The minimum Gasteiger partial charge on any atom is -0.445 e. The van der Waals surface area contributed by atoms with Gasteiger partial charge in [-0.1, -0.05) is 37.3 Å². The molecule has 0 saturated heterocycles. The first-order chi connectivity index (χ1) is 11.7. The number of carbonyl (C=O) groups is 1. The number of amides is 1. The number of benzene rings is 1. The Bertz CT molecular complexity index is 627. The SMILES string of the molecule is CC(CNC1CC(NC(=O)OCc2ccccc2)C1)c1nccs1. The van der Waals surface area contributed by atoms with Crippen LogP contribution in [0.15, 0.2) is 41.9 Å². The summed E-state index contributed by atoms with van der Waals surface area (Å²) in [5.41, 5.74) is 0.997. The number of carbonyl (C=O) groups excluding carboxylic acids is 1. The van der Waals surface area contributed by atoms with Gasteiger partial charge in [0, 0.05) is 36.1 Å². The van der Waals surface area contributed by atoms with Crippen molar-refractivity contribution in [2.75, 3.05) is 6.54 Å². The molecule has 0 aliphatic heterocycles. The van der Waals surface area contributed by atoms with E-state index >= 15 is 0 Å². The molecule has 0 radical (unpaired) electrons. The van der Waals surface area contributed by atoms with Crippen LogP contribution in [0.25, 0.3) is 0 Å². The normalized spacial score (nSPS) is 20.9. The van der Waals surface area contributed by atoms with Gasteiger partial charge in [-0.3, -0.25) is 0 Å². The van der Waals surface area contributed by atoms with Gasteiger partial charge < -0.3 is 15.4 Å². The molecular formula is C18H23N3O2S. The fraction of sp³-hybridized carbons (Fsp3) is 0.444. The monoisotopic (exact) mass is 345 g/mol. The van der Waals surface area contributed by atoms with E-state index in [4.69, 9.17) is 4.74 Å². The number of rotatable bonds is 7. The van der Waals surface area contributed by atoms with Crippen LogP contribution in [0, 0.1) is 0 Å². The van der Waals surface area contributed by atoms with Crippen LogP contribution in [0.3, 0.4) is 0 Å². The second-order valence-electron chi connectivity index (χ2n) is 6.25. The highest BCUT2D eigenvalue weighted by Gasteiger charge is 2.30. The highest BCUT2D eigenvalue weighted by molar-refractivity contribution is 7.09. The first-order valence-corrected chi connectivity index (χ1v) is 9.18. The van der Waals surface area contributed by atoms with E-state index in [0.29, 0.717) is 18.6 Å². The van der Waals surface area contributed by atoms with E-state index < -0.39 is 0 Å². The first kappa shape index (κ1) is 16.9. The molecule has 1 heterocycles. The second-order valence-corrected chi connectivity index (χ2v) is 7.18. The number of nitrogens with zero attached hydrogens (tertiary/aromatic N) is 1. The Morgan fingerprint density at radius 1 is 1.33 bits per heavy atom. The number of thiazole rings is 1. The smallest absolute Gasteiger partial charge is 0.407 e. The summed E-state index contributed by atoms with van der Waals surface area (Å²) in [6.07, 6.45) is 3.41. The largest absolute Gasteiger partial charge is 0.445 e. The first-order valence-electron chi connectivity index (χ1n) is 8.30. The fourth-order valence-electron chi connectivity index (χ4n) is 2.74. The van der Waals surface area contributed by atoms with E-state index in [1.54, 1.807) is 11.3 Å². The third kappa shape index (κ3) is 4.79. The van der Waals surface area contributed by atoms with Gasteiger partial charge in [-0.25, -0.2) is 9.78 Å². The summed E-state index contributed by atoms with van der Waals surface area (Å²) in [5.74, 6) is 0.424. The summed E-state index contributed by atoms with van der Waals surface area (Å²) < 4.78 is 5.24. The van der Waals surface area contributed by atoms with E-state index in [-0.39, 0.29) is 12.1 Å². The topological polar surface area (TPSA) is 63.2 Å². The second kappa shape index (κ2) is 8.26. The maximum atomic E-state index is 11.8. The Morgan fingerprint density at radius 2 is 2.12 bits per heavy atom. The van der Waals surface area contributed by atoms with Gasteiger partial charge >= 0.3 is 6.09 Å². The Balaban J connectivity index is 1.28. The van der Waals surface area contributed by atoms with Gasteiger partial charge in [-0.15, -0.1) is 11.3 Å². The third-order valence-corrected chi connectivity index (χ3v) is 5.27. The zero-order valence-electron chi connectivity index (χ0n) is 13.8. The zero-order valence-corrected chi connectivity index (χ0v) is 14.6. The maximum absolute atomic E-state index is 11.8. The number of hydrogen-bond acceptors (Lipinski definition) is 5. The van der Waals surface area contributed by atoms with Crippen molar-refractivity contribution in [3.63, 3.8) is 0 Å². The molecule has 1 atom stereocenters. The number of nitrogens with one attached hydrogen (secondary N) is 2. The molecule has 0 spiro atoms. The average molecular weight is 345 g/mol. The van der Waals surface area contributed by atoms with Gasteiger partial charge in [0.05, 0.1) is 5.01 Å². The van der Waals surface area contributed by atoms with Crippen molar-refractivity contribution in [1.82, 2.24) is 15.6 Å². The summed E-state index contributed by atoms with van der Waals surface area (Å²) in [4.78, 5) is 16.1. The van der Waals surface area contributed by atoms with Gasteiger partial charge in [-0.2, -0.15) is 0 Å². The summed E-state index contributed by atoms with van der Waals surface area (Å²) in [5, 5.41) is 9.64. The molecule has 1 fully saturated rings. The van der Waals surface area contributed by atoms with Gasteiger partial charge in [-0.05, 0) is 18.4 Å². The molecule has 1 aromatic carbocycles. The van der Waals surface area contributed by atoms with Crippen LogP contribution in [0.1, 0.15) is 36.3 Å². The molecule has 1 unspecified atom stereocenters. The van der Waals surface area contributed by atoms with Crippen molar-refractivity contribution in [2.24, 2.45) is 0 Å². The van der Waals surface area contributed by atoms with E-state index in [2.05, 4.69) is 22.5 Å². The van der Waals surface area contributed by atoms with Crippen molar-refractivity contribution in [3.8, 4) is 0 Å². The number of hydrogen-bond donors (Lipinski definition) is 2. The number of aromatic nitrogens is 1. The molecule has 128 valence electrons. The molecule has 1 aliphatic rings. The van der Waals surface area contributed by atoms with E-state index in [1.165, 1.54) is 5.01 Å². The molecule has 1 saturated carbocycles. The molecule has 5 nitrogen and oxygen atoms in total. The highest BCUT2D eigenvalue weighted by atomic mass is 32.1. The van der Waals surface area contributed by atoms with Crippen LogP contribution in [0.2, 0.25) is 0 Å². The lowest BCUT2D eigenvalue weighted by atomic mass is 9.86. The van der Waals surface area contributed by atoms with Crippen LogP contribution < -0.4 is 10.6 Å². The Kier molecular flexibility index (Phi) is 5.82. The van der Waals surface area contributed by atoms with Gasteiger partial charge in [0.1, 0.15) is 6.61 Å². The number of ether oxygens (including phenoxy) is 1. The molecule has 6 heteroatoms. The molecule has 0 bridgehead atoms. The number of alkyl carbamates (subject to hydrolysis) is 1. The lowest BCUT2D eigenvalue weighted by Gasteiger charge is -2.36. The van der Waals surface area contributed by atoms with Crippen molar-refractivity contribution in [3.05, 3.63) is 52.5 Å². The summed E-state index contributed by atoms with van der Waals surface area (Å²) in [7, 11) is 0. The quantitative estimate of drug-likeness (QED) is 0.808. The third-order valence-electron chi connectivity index (χ3n) is 4.26. The van der Waals surface area contributed by atoms with Crippen LogP contribution in [-0.2, 0) is 11.3 Å². The van der Waals surface area contributed by atoms with Crippen molar-refractivity contribution in [1.29, 1.82) is 0 Å². The summed E-state index contributed by atoms with van der Waals surface area (Å²) in [6, 6.07) is 10.4. The molecular weight excluding hydrogens is 322 g/mol. The minimum atomic E-state index is -0.335. The lowest BCUT2D eigenvalue weighted by Crippen LogP contribution is -2.53. The van der Waals surface area contributed by atoms with Crippen molar-refractivity contribution in [2.45, 2.75) is 44.4 Å². The van der Waals surface area contributed by atoms with E-state index in [1.807, 2.05) is 41.9 Å². The predicted molar refractivity (Wildman–Crippen MR) is 95.1 cm³/mol. The molecule has 3 rings (SSSR count). The fourth-order valence-corrected chi connectivity index (χ4v) is 3.44. The van der Waals surface area contributed by atoms with Gasteiger partial charge in [0.25, 0.3) is 0 Å². The Morgan fingerprint density at radius 3 is 2.83 bits per heavy atom. The van der Waals surface area contributed by atoms with Crippen molar-refractivity contribution >= 4 is 17.4 Å². The highest BCUT2D eigenvalue weighted by Crippen LogP contribution is 2.22. The molecule has 1 aromatic heterocycles. The van der Waals surface area contributed by atoms with Crippen LogP contribution in [0.5, 0.6) is 0 Å². The van der Waals surface area contributed by atoms with Crippen LogP contribution >= 0.6 is 11.3 Å². The van der Waals surface area contributed by atoms with E-state index in [0.717, 1.165) is 24.9 Å². The predicted octanol–water partition coefficient (Wildman–Crippen LogP) is 3.29. The zero-order chi connectivity index (χ0) is 16.8. The molecule has 1 amide bonds. The molecule has 1 aliphatic carbocycles. The maximum Gasteiger partial charge on any atom is 0.407 e. The Hall–Kier alpha value is -1.92. The van der Waals surface area contributed by atoms with Gasteiger partial charge in [0.15, 0.2) is 0 Å². The van der Waals surface area contributed by atoms with Gasteiger partial charge in [0.2, 0.25) is 0 Å².